The number of fused-ring (bicyclic) bond motifs is 8. The van der Waals surface area contributed by atoms with Crippen molar-refractivity contribution in [2.24, 2.45) is 11.8 Å². The van der Waals surface area contributed by atoms with E-state index in [1.54, 1.807) is 16.7 Å². The van der Waals surface area contributed by atoms with Gasteiger partial charge in [-0.15, -0.1) is 0 Å². The molecule has 0 spiro atoms. The lowest BCUT2D eigenvalue weighted by molar-refractivity contribution is 0.320. The monoisotopic (exact) mass is 226 g/mol. The van der Waals surface area contributed by atoms with Gasteiger partial charge >= 0.3 is 0 Å². The molecule has 0 N–H and O–H groups in total. The molecular weight excluding hydrogens is 204 g/mol. The van der Waals surface area contributed by atoms with E-state index in [1.165, 1.54) is 38.5 Å². The first kappa shape index (κ1) is 10.2. The molecule has 1 aromatic carbocycles. The lowest BCUT2D eigenvalue weighted by Crippen LogP contribution is -2.31. The minimum atomic E-state index is 0.977. The summed E-state index contributed by atoms with van der Waals surface area (Å²) in [5.74, 6) is 4.07. The summed E-state index contributed by atoms with van der Waals surface area (Å²) >= 11 is 0. The SMILES string of the molecule is CCCCc1cccc2c1C1C3CCC(C3)C21. The Bertz CT molecular complexity index is 445. The van der Waals surface area contributed by atoms with Crippen LogP contribution < -0.4 is 0 Å². The van der Waals surface area contributed by atoms with E-state index in [9.17, 15) is 0 Å². The lowest BCUT2D eigenvalue weighted by atomic mass is 9.60. The first-order valence-electron chi connectivity index (χ1n) is 7.52. The summed E-state index contributed by atoms with van der Waals surface area (Å²) in [6.07, 6.45) is 8.58. The van der Waals surface area contributed by atoms with Crippen LogP contribution in [0.25, 0.3) is 0 Å². The third kappa shape index (κ3) is 1.25. The molecule has 3 aliphatic carbocycles. The predicted molar refractivity (Wildman–Crippen MR) is 71.4 cm³/mol. The standard InChI is InChI=1S/C17H22/c1-2-3-5-11-6-4-7-14-15(11)17-13-9-8-12(10-13)16(14)17/h4,6-7,12-13,16-17H,2-3,5,8-10H2,1H3. The molecule has 0 heteroatoms. The van der Waals surface area contributed by atoms with Crippen molar-refractivity contribution in [2.75, 3.05) is 0 Å². The maximum Gasteiger partial charge on any atom is -0.00563 e. The van der Waals surface area contributed by atoms with Gasteiger partial charge in [0.15, 0.2) is 0 Å². The average molecular weight is 226 g/mol. The van der Waals surface area contributed by atoms with Crippen LogP contribution in [0.3, 0.4) is 0 Å². The van der Waals surface area contributed by atoms with Crippen LogP contribution >= 0.6 is 0 Å². The fourth-order valence-corrected chi connectivity index (χ4v) is 4.97. The summed E-state index contributed by atoms with van der Waals surface area (Å²) in [7, 11) is 0. The van der Waals surface area contributed by atoms with Gasteiger partial charge in [-0.3, -0.25) is 0 Å². The van der Waals surface area contributed by atoms with E-state index < -0.39 is 0 Å². The van der Waals surface area contributed by atoms with Gasteiger partial charge in [-0.05, 0) is 72.5 Å². The second kappa shape index (κ2) is 3.60. The number of hydrogen-bond donors (Lipinski definition) is 0. The van der Waals surface area contributed by atoms with E-state index in [1.807, 2.05) is 0 Å². The Morgan fingerprint density at radius 1 is 1.12 bits per heavy atom. The fraction of sp³-hybridized carbons (Fsp3) is 0.647. The van der Waals surface area contributed by atoms with Crippen LogP contribution in [0.4, 0.5) is 0 Å². The summed E-state index contributed by atoms with van der Waals surface area (Å²) in [6.45, 7) is 2.30. The van der Waals surface area contributed by atoms with Crippen molar-refractivity contribution in [1.82, 2.24) is 0 Å². The zero-order chi connectivity index (χ0) is 11.4. The van der Waals surface area contributed by atoms with Gasteiger partial charge in [0.05, 0.1) is 0 Å². The molecule has 3 aliphatic rings. The van der Waals surface area contributed by atoms with Crippen molar-refractivity contribution >= 4 is 0 Å². The number of benzene rings is 1. The Hall–Kier alpha value is -0.780. The molecule has 90 valence electrons. The molecule has 1 aromatic rings. The van der Waals surface area contributed by atoms with E-state index in [2.05, 4.69) is 25.1 Å². The predicted octanol–water partition coefficient (Wildman–Crippen LogP) is 4.64. The number of aryl methyl sites for hydroxylation is 1. The van der Waals surface area contributed by atoms with Gasteiger partial charge in [0, 0.05) is 0 Å². The van der Waals surface area contributed by atoms with Crippen LogP contribution in [0.5, 0.6) is 0 Å². The average Bonchev–Trinajstić information content (AvgIpc) is 2.88. The number of hydrogen-bond acceptors (Lipinski definition) is 0. The first-order chi connectivity index (χ1) is 8.40. The number of rotatable bonds is 3. The minimum absolute atomic E-state index is 0.977. The molecule has 0 heterocycles. The second-order valence-corrected chi connectivity index (χ2v) is 6.41. The Balaban J connectivity index is 1.71. The molecule has 4 rings (SSSR count). The van der Waals surface area contributed by atoms with Gasteiger partial charge in [-0.25, -0.2) is 0 Å². The van der Waals surface area contributed by atoms with Crippen molar-refractivity contribution in [3.8, 4) is 0 Å². The van der Waals surface area contributed by atoms with Crippen molar-refractivity contribution in [3.63, 3.8) is 0 Å². The largest absolute Gasteiger partial charge is 0.0654 e. The quantitative estimate of drug-likeness (QED) is 0.704. The maximum atomic E-state index is 2.42. The molecule has 0 radical (unpaired) electrons. The third-order valence-electron chi connectivity index (χ3n) is 5.64. The van der Waals surface area contributed by atoms with Crippen molar-refractivity contribution < 1.29 is 0 Å². The van der Waals surface area contributed by atoms with Gasteiger partial charge in [0.25, 0.3) is 0 Å². The van der Waals surface area contributed by atoms with E-state index in [-0.39, 0.29) is 0 Å². The van der Waals surface area contributed by atoms with Crippen LogP contribution in [0.15, 0.2) is 18.2 Å². The van der Waals surface area contributed by atoms with Crippen LogP contribution in [0, 0.1) is 11.8 Å². The van der Waals surface area contributed by atoms with Gasteiger partial charge in [-0.2, -0.15) is 0 Å². The molecule has 0 aliphatic heterocycles. The highest BCUT2D eigenvalue weighted by Crippen LogP contribution is 2.68. The van der Waals surface area contributed by atoms with Crippen molar-refractivity contribution in [3.05, 3.63) is 34.9 Å². The molecule has 0 nitrogen and oxygen atoms in total. The summed E-state index contributed by atoms with van der Waals surface area (Å²) in [5.41, 5.74) is 5.24. The summed E-state index contributed by atoms with van der Waals surface area (Å²) < 4.78 is 0. The van der Waals surface area contributed by atoms with Crippen LogP contribution in [-0.4, -0.2) is 0 Å². The van der Waals surface area contributed by atoms with Crippen molar-refractivity contribution in [1.29, 1.82) is 0 Å². The van der Waals surface area contributed by atoms with Crippen LogP contribution in [0.2, 0.25) is 0 Å². The maximum absolute atomic E-state index is 2.42. The molecule has 4 atom stereocenters. The normalized spacial score (nSPS) is 36.5. The molecule has 2 fully saturated rings. The summed E-state index contributed by atoms with van der Waals surface area (Å²) in [5, 5.41) is 0. The second-order valence-electron chi connectivity index (χ2n) is 6.41. The van der Waals surface area contributed by atoms with E-state index in [0.29, 0.717) is 0 Å². The van der Waals surface area contributed by atoms with Gasteiger partial charge in [0.1, 0.15) is 0 Å². The molecule has 2 saturated carbocycles. The van der Waals surface area contributed by atoms with E-state index >= 15 is 0 Å². The Labute approximate surface area is 104 Å². The zero-order valence-electron chi connectivity index (χ0n) is 10.8. The van der Waals surface area contributed by atoms with Crippen LogP contribution in [-0.2, 0) is 6.42 Å². The van der Waals surface area contributed by atoms with Crippen LogP contribution in [0.1, 0.15) is 67.6 Å². The topological polar surface area (TPSA) is 0 Å². The molecule has 4 unspecified atom stereocenters. The summed E-state index contributed by atoms with van der Waals surface area (Å²) in [4.78, 5) is 0. The molecule has 0 amide bonds. The van der Waals surface area contributed by atoms with Gasteiger partial charge in [-0.1, -0.05) is 31.5 Å². The van der Waals surface area contributed by atoms with Gasteiger partial charge in [0.2, 0.25) is 0 Å². The van der Waals surface area contributed by atoms with Crippen molar-refractivity contribution in [2.45, 2.75) is 57.3 Å². The molecule has 2 bridgehead atoms. The Morgan fingerprint density at radius 2 is 1.94 bits per heavy atom. The number of unbranched alkanes of at least 4 members (excludes halogenated alkanes) is 1. The molecule has 0 aromatic heterocycles. The highest BCUT2D eigenvalue weighted by Gasteiger charge is 2.55. The minimum Gasteiger partial charge on any atom is -0.0654 e. The summed E-state index contributed by atoms with van der Waals surface area (Å²) in [6, 6.07) is 7.13. The molecular formula is C17H22. The smallest absolute Gasteiger partial charge is 0.00563 e. The van der Waals surface area contributed by atoms with Gasteiger partial charge < -0.3 is 0 Å². The molecule has 17 heavy (non-hydrogen) atoms. The first-order valence-corrected chi connectivity index (χ1v) is 7.52. The highest BCUT2D eigenvalue weighted by molar-refractivity contribution is 5.53. The highest BCUT2D eigenvalue weighted by atomic mass is 14.6. The van der Waals surface area contributed by atoms with E-state index in [0.717, 1.165) is 23.7 Å². The lowest BCUT2D eigenvalue weighted by Gasteiger charge is -2.44. The Kier molecular flexibility index (Phi) is 2.16. The Morgan fingerprint density at radius 3 is 2.76 bits per heavy atom. The third-order valence-corrected chi connectivity index (χ3v) is 5.64. The van der Waals surface area contributed by atoms with E-state index in [4.69, 9.17) is 0 Å². The molecule has 0 saturated heterocycles. The fourth-order valence-electron chi connectivity index (χ4n) is 4.97. The zero-order valence-corrected chi connectivity index (χ0v) is 10.8.